The number of imidazole rings is 1. The molecule has 0 radical (unpaired) electrons. The number of nitrogens with zero attached hydrogens (tertiary/aromatic N) is 2. The molecule has 0 bridgehead atoms. The van der Waals surface area contributed by atoms with Crippen LogP contribution in [0.3, 0.4) is 0 Å². The van der Waals surface area contributed by atoms with Crippen molar-refractivity contribution in [1.82, 2.24) is 14.9 Å². The van der Waals surface area contributed by atoms with Crippen LogP contribution in [0.15, 0.2) is 12.4 Å². The van der Waals surface area contributed by atoms with Gasteiger partial charge >= 0.3 is 0 Å². The molecule has 0 unspecified atom stereocenters. The summed E-state index contributed by atoms with van der Waals surface area (Å²) in [4.78, 5) is 4.62. The Bertz CT molecular complexity index is 333. The minimum atomic E-state index is 0.694. The Morgan fingerprint density at radius 1 is 1.12 bits per heavy atom. The van der Waals surface area contributed by atoms with Gasteiger partial charge in [0.05, 0.1) is 0 Å². The molecule has 0 amide bonds. The molecule has 2 heterocycles. The van der Waals surface area contributed by atoms with Crippen LogP contribution in [-0.4, -0.2) is 22.6 Å². The summed E-state index contributed by atoms with van der Waals surface area (Å²) in [6, 6.07) is 0.694. The van der Waals surface area contributed by atoms with Crippen molar-refractivity contribution >= 4 is 0 Å². The first kappa shape index (κ1) is 10.3. The molecule has 0 spiro atoms. The van der Waals surface area contributed by atoms with E-state index in [1.54, 1.807) is 0 Å². The van der Waals surface area contributed by atoms with Crippen LogP contribution in [0.4, 0.5) is 0 Å². The van der Waals surface area contributed by atoms with Crippen LogP contribution in [-0.2, 0) is 0 Å². The van der Waals surface area contributed by atoms with E-state index in [4.69, 9.17) is 0 Å². The number of hydrogen-bond donors (Lipinski definition) is 1. The smallest absolute Gasteiger partial charge is 0.112 e. The highest BCUT2D eigenvalue weighted by Crippen LogP contribution is 2.35. The van der Waals surface area contributed by atoms with Crippen LogP contribution in [0.25, 0.3) is 0 Å². The molecule has 2 aliphatic rings. The number of nitrogens with one attached hydrogen (secondary N) is 1. The fourth-order valence-electron chi connectivity index (χ4n) is 3.22. The van der Waals surface area contributed by atoms with E-state index < -0.39 is 0 Å². The van der Waals surface area contributed by atoms with Gasteiger partial charge in [0.25, 0.3) is 0 Å². The number of rotatable bonds is 2. The van der Waals surface area contributed by atoms with E-state index in [1.165, 1.54) is 44.3 Å². The summed E-state index contributed by atoms with van der Waals surface area (Å²) in [7, 11) is 0. The van der Waals surface area contributed by atoms with Crippen LogP contribution < -0.4 is 5.32 Å². The molecule has 3 heteroatoms. The third kappa shape index (κ3) is 1.88. The second-order valence-electron chi connectivity index (χ2n) is 5.16. The van der Waals surface area contributed by atoms with Gasteiger partial charge in [-0.1, -0.05) is 12.8 Å². The first-order valence-electron chi connectivity index (χ1n) is 6.68. The average Bonchev–Trinajstić information content (AvgIpc) is 3.01. The fourth-order valence-corrected chi connectivity index (χ4v) is 3.22. The molecule has 1 aromatic heterocycles. The van der Waals surface area contributed by atoms with Gasteiger partial charge < -0.3 is 9.88 Å². The summed E-state index contributed by atoms with van der Waals surface area (Å²) < 4.78 is 2.47. The van der Waals surface area contributed by atoms with Crippen molar-refractivity contribution in [3.05, 3.63) is 18.2 Å². The Morgan fingerprint density at radius 3 is 2.62 bits per heavy atom. The van der Waals surface area contributed by atoms with Gasteiger partial charge in [-0.25, -0.2) is 4.98 Å². The van der Waals surface area contributed by atoms with Crippen LogP contribution >= 0.6 is 0 Å². The molecule has 3 nitrogen and oxygen atoms in total. The van der Waals surface area contributed by atoms with Gasteiger partial charge in [-0.2, -0.15) is 0 Å². The highest BCUT2D eigenvalue weighted by molar-refractivity contribution is 5.04. The molecule has 88 valence electrons. The van der Waals surface area contributed by atoms with Gasteiger partial charge in [0.1, 0.15) is 5.82 Å². The summed E-state index contributed by atoms with van der Waals surface area (Å²) in [6.45, 7) is 2.32. The Kier molecular flexibility index (Phi) is 2.96. The Hall–Kier alpha value is -0.830. The lowest BCUT2D eigenvalue weighted by molar-refractivity contribution is 0.354. The fraction of sp³-hybridized carbons (Fsp3) is 0.769. The maximum atomic E-state index is 4.62. The molecular formula is C13H21N3. The third-order valence-corrected chi connectivity index (χ3v) is 4.12. The molecule has 1 aromatic rings. The van der Waals surface area contributed by atoms with Crippen LogP contribution in [0, 0.1) is 0 Å². The molecule has 3 rings (SSSR count). The van der Waals surface area contributed by atoms with Crippen LogP contribution in [0.5, 0.6) is 0 Å². The van der Waals surface area contributed by atoms with Gasteiger partial charge in [0, 0.05) is 24.4 Å². The van der Waals surface area contributed by atoms with Gasteiger partial charge in [-0.3, -0.25) is 0 Å². The van der Waals surface area contributed by atoms with Gasteiger partial charge in [0.2, 0.25) is 0 Å². The van der Waals surface area contributed by atoms with E-state index in [1.807, 2.05) is 6.20 Å². The average molecular weight is 219 g/mol. The van der Waals surface area contributed by atoms with E-state index in [0.717, 1.165) is 19.0 Å². The van der Waals surface area contributed by atoms with E-state index >= 15 is 0 Å². The number of piperidine rings is 1. The van der Waals surface area contributed by atoms with Crippen molar-refractivity contribution in [2.45, 2.75) is 50.5 Å². The molecular weight excluding hydrogens is 198 g/mol. The highest BCUT2D eigenvalue weighted by atomic mass is 15.1. The standard InChI is InChI=1S/C13H21N3/c1-2-4-11(3-1)13-15-9-10-16(13)12-5-7-14-8-6-12/h9-12,14H,1-8H2. The molecule has 16 heavy (non-hydrogen) atoms. The predicted octanol–water partition coefficient (Wildman–Crippen LogP) is 2.47. The van der Waals surface area contributed by atoms with E-state index in [2.05, 4.69) is 21.1 Å². The van der Waals surface area contributed by atoms with Crippen molar-refractivity contribution in [1.29, 1.82) is 0 Å². The molecule has 1 aliphatic carbocycles. The van der Waals surface area contributed by atoms with Crippen molar-refractivity contribution in [3.8, 4) is 0 Å². The topological polar surface area (TPSA) is 29.9 Å². The zero-order valence-corrected chi connectivity index (χ0v) is 9.86. The lowest BCUT2D eigenvalue weighted by Crippen LogP contribution is -2.30. The summed E-state index contributed by atoms with van der Waals surface area (Å²) in [5.41, 5.74) is 0. The van der Waals surface area contributed by atoms with Crippen molar-refractivity contribution in [3.63, 3.8) is 0 Å². The maximum Gasteiger partial charge on any atom is 0.112 e. The molecule has 1 saturated heterocycles. The number of hydrogen-bond acceptors (Lipinski definition) is 2. The zero-order chi connectivity index (χ0) is 10.8. The monoisotopic (exact) mass is 219 g/mol. The minimum Gasteiger partial charge on any atom is -0.332 e. The first-order valence-corrected chi connectivity index (χ1v) is 6.68. The zero-order valence-electron chi connectivity index (χ0n) is 9.86. The van der Waals surface area contributed by atoms with Crippen molar-refractivity contribution < 1.29 is 0 Å². The molecule has 2 fully saturated rings. The summed E-state index contributed by atoms with van der Waals surface area (Å²) in [5.74, 6) is 2.11. The summed E-state index contributed by atoms with van der Waals surface area (Å²) in [6.07, 6.45) is 12.2. The van der Waals surface area contributed by atoms with E-state index in [0.29, 0.717) is 6.04 Å². The second kappa shape index (κ2) is 4.58. The molecule has 0 atom stereocenters. The molecule has 1 aliphatic heterocycles. The lowest BCUT2D eigenvalue weighted by Gasteiger charge is -2.26. The maximum absolute atomic E-state index is 4.62. The predicted molar refractivity (Wildman–Crippen MR) is 64.6 cm³/mol. The largest absolute Gasteiger partial charge is 0.332 e. The van der Waals surface area contributed by atoms with Gasteiger partial charge in [-0.15, -0.1) is 0 Å². The number of aromatic nitrogens is 2. The van der Waals surface area contributed by atoms with Crippen LogP contribution in [0.1, 0.15) is 56.3 Å². The van der Waals surface area contributed by atoms with Gasteiger partial charge in [-0.05, 0) is 38.8 Å². The Balaban J connectivity index is 1.80. The molecule has 0 aromatic carbocycles. The van der Waals surface area contributed by atoms with Crippen LogP contribution in [0.2, 0.25) is 0 Å². The quantitative estimate of drug-likeness (QED) is 0.828. The van der Waals surface area contributed by atoms with Crippen molar-refractivity contribution in [2.24, 2.45) is 0 Å². The normalized spacial score (nSPS) is 24.0. The van der Waals surface area contributed by atoms with Crippen molar-refractivity contribution in [2.75, 3.05) is 13.1 Å². The van der Waals surface area contributed by atoms with E-state index in [-0.39, 0.29) is 0 Å². The molecule has 1 saturated carbocycles. The second-order valence-corrected chi connectivity index (χ2v) is 5.16. The summed E-state index contributed by atoms with van der Waals surface area (Å²) in [5, 5.41) is 3.43. The first-order chi connectivity index (χ1) is 7.95. The highest BCUT2D eigenvalue weighted by Gasteiger charge is 2.24. The Morgan fingerprint density at radius 2 is 1.88 bits per heavy atom. The minimum absolute atomic E-state index is 0.694. The lowest BCUT2D eigenvalue weighted by atomic mass is 10.0. The van der Waals surface area contributed by atoms with Gasteiger partial charge in [0.15, 0.2) is 0 Å². The SMILES string of the molecule is c1cn(C2CCNCC2)c(C2CCCC2)n1. The third-order valence-electron chi connectivity index (χ3n) is 4.12. The molecule has 1 N–H and O–H groups in total. The summed E-state index contributed by atoms with van der Waals surface area (Å²) >= 11 is 0. The van der Waals surface area contributed by atoms with E-state index in [9.17, 15) is 0 Å². The Labute approximate surface area is 97.3 Å².